The van der Waals surface area contributed by atoms with E-state index in [-0.39, 0.29) is 5.24 Å². The van der Waals surface area contributed by atoms with E-state index in [1.807, 2.05) is 24.3 Å². The SMILES string of the molecule is CCCCCCCCCCCCCCOc1ccc(CCC(=O)Cl)cc1. The highest BCUT2D eigenvalue weighted by Crippen LogP contribution is 2.15. The van der Waals surface area contributed by atoms with Gasteiger partial charge in [-0.05, 0) is 42.1 Å². The van der Waals surface area contributed by atoms with Crippen molar-refractivity contribution in [3.05, 3.63) is 29.8 Å². The van der Waals surface area contributed by atoms with Crippen LogP contribution in [0.1, 0.15) is 96.0 Å². The van der Waals surface area contributed by atoms with Crippen LogP contribution in [0.5, 0.6) is 5.75 Å². The fraction of sp³-hybridized carbons (Fsp3) is 0.696. The van der Waals surface area contributed by atoms with Crippen LogP contribution in [0.25, 0.3) is 0 Å². The average Bonchev–Trinajstić information content (AvgIpc) is 2.64. The normalized spacial score (nSPS) is 10.8. The molecule has 0 atom stereocenters. The highest BCUT2D eigenvalue weighted by molar-refractivity contribution is 6.63. The summed E-state index contributed by atoms with van der Waals surface area (Å²) in [6.45, 7) is 3.06. The smallest absolute Gasteiger partial charge is 0.221 e. The Morgan fingerprint density at radius 2 is 1.31 bits per heavy atom. The molecule has 0 saturated heterocycles. The minimum atomic E-state index is -0.280. The average molecular weight is 381 g/mol. The molecule has 2 nitrogen and oxygen atoms in total. The first-order valence-corrected chi connectivity index (χ1v) is 11.0. The van der Waals surface area contributed by atoms with E-state index in [2.05, 4.69) is 6.92 Å². The molecule has 0 unspecified atom stereocenters. The lowest BCUT2D eigenvalue weighted by Gasteiger charge is -2.07. The molecular formula is C23H37ClO2. The largest absolute Gasteiger partial charge is 0.494 e. The van der Waals surface area contributed by atoms with E-state index < -0.39 is 0 Å². The minimum absolute atomic E-state index is 0.280. The van der Waals surface area contributed by atoms with Crippen LogP contribution in [0.3, 0.4) is 0 Å². The fourth-order valence-corrected chi connectivity index (χ4v) is 3.22. The number of hydrogen-bond acceptors (Lipinski definition) is 2. The summed E-state index contributed by atoms with van der Waals surface area (Å²) in [5, 5.41) is -0.280. The zero-order chi connectivity index (χ0) is 18.9. The molecule has 0 aliphatic rings. The molecule has 0 N–H and O–H groups in total. The molecule has 0 heterocycles. The molecule has 0 aliphatic carbocycles. The Morgan fingerprint density at radius 1 is 0.808 bits per heavy atom. The lowest BCUT2D eigenvalue weighted by Crippen LogP contribution is -1.98. The van der Waals surface area contributed by atoms with Crippen molar-refractivity contribution in [1.29, 1.82) is 0 Å². The Bertz CT molecular complexity index is 456. The molecule has 0 bridgehead atoms. The third kappa shape index (κ3) is 13.2. The third-order valence-electron chi connectivity index (χ3n) is 4.80. The number of carbonyl (C=O) groups is 1. The zero-order valence-electron chi connectivity index (χ0n) is 16.6. The van der Waals surface area contributed by atoms with Crippen molar-refractivity contribution in [2.45, 2.75) is 96.8 Å². The van der Waals surface area contributed by atoms with Gasteiger partial charge in [-0.2, -0.15) is 0 Å². The lowest BCUT2D eigenvalue weighted by molar-refractivity contribution is -0.111. The van der Waals surface area contributed by atoms with Gasteiger partial charge in [0.1, 0.15) is 5.75 Å². The van der Waals surface area contributed by atoms with Gasteiger partial charge in [0.05, 0.1) is 6.61 Å². The van der Waals surface area contributed by atoms with Crippen LogP contribution in [-0.4, -0.2) is 11.8 Å². The summed E-state index contributed by atoms with van der Waals surface area (Å²) >= 11 is 5.36. The quantitative estimate of drug-likeness (QED) is 0.207. The molecule has 3 heteroatoms. The predicted octanol–water partition coefficient (Wildman–Crippen LogP) is 7.46. The molecule has 1 rings (SSSR count). The summed E-state index contributed by atoms with van der Waals surface area (Å²) in [7, 11) is 0. The molecular weight excluding hydrogens is 344 g/mol. The molecule has 148 valence electrons. The van der Waals surface area contributed by atoms with Gasteiger partial charge in [-0.15, -0.1) is 0 Å². The Balaban J connectivity index is 1.90. The van der Waals surface area contributed by atoms with Crippen LogP contribution in [0.4, 0.5) is 0 Å². The number of unbranched alkanes of at least 4 members (excludes halogenated alkanes) is 11. The van der Waals surface area contributed by atoms with E-state index in [9.17, 15) is 4.79 Å². The van der Waals surface area contributed by atoms with E-state index in [1.165, 1.54) is 70.6 Å². The second-order valence-electron chi connectivity index (χ2n) is 7.24. The summed E-state index contributed by atoms with van der Waals surface area (Å²) in [6.07, 6.45) is 17.4. The molecule has 0 aliphatic heterocycles. The number of halogens is 1. The van der Waals surface area contributed by atoms with Gasteiger partial charge in [0.25, 0.3) is 0 Å². The maximum absolute atomic E-state index is 10.8. The van der Waals surface area contributed by atoms with E-state index >= 15 is 0 Å². The maximum Gasteiger partial charge on any atom is 0.221 e. The number of hydrogen-bond donors (Lipinski definition) is 0. The zero-order valence-corrected chi connectivity index (χ0v) is 17.4. The number of aryl methyl sites for hydroxylation is 1. The Kier molecular flexibility index (Phi) is 14.3. The van der Waals surface area contributed by atoms with Gasteiger partial charge in [0, 0.05) is 6.42 Å². The summed E-state index contributed by atoms with van der Waals surface area (Å²) in [5.41, 5.74) is 1.12. The predicted molar refractivity (Wildman–Crippen MR) is 112 cm³/mol. The van der Waals surface area contributed by atoms with E-state index in [0.717, 1.165) is 24.3 Å². The molecule has 0 spiro atoms. The van der Waals surface area contributed by atoms with Crippen LogP contribution in [0.15, 0.2) is 24.3 Å². The van der Waals surface area contributed by atoms with Gasteiger partial charge in [-0.1, -0.05) is 89.7 Å². The van der Waals surface area contributed by atoms with E-state index in [0.29, 0.717) is 12.8 Å². The molecule has 0 amide bonds. The Hall–Kier alpha value is -1.02. The van der Waals surface area contributed by atoms with Gasteiger partial charge < -0.3 is 4.74 Å². The van der Waals surface area contributed by atoms with E-state index in [1.54, 1.807) is 0 Å². The monoisotopic (exact) mass is 380 g/mol. The second-order valence-corrected chi connectivity index (χ2v) is 7.66. The van der Waals surface area contributed by atoms with Crippen LogP contribution < -0.4 is 4.74 Å². The van der Waals surface area contributed by atoms with Gasteiger partial charge in [0.2, 0.25) is 5.24 Å². The summed E-state index contributed by atoms with van der Waals surface area (Å²) in [5.74, 6) is 0.911. The highest BCUT2D eigenvalue weighted by Gasteiger charge is 2.00. The Morgan fingerprint density at radius 3 is 1.81 bits per heavy atom. The van der Waals surface area contributed by atoms with Crippen molar-refractivity contribution < 1.29 is 9.53 Å². The van der Waals surface area contributed by atoms with Gasteiger partial charge in [0.15, 0.2) is 0 Å². The van der Waals surface area contributed by atoms with Gasteiger partial charge in [-0.3, -0.25) is 4.79 Å². The fourth-order valence-electron chi connectivity index (χ4n) is 3.13. The van der Waals surface area contributed by atoms with Crippen LogP contribution in [0, 0.1) is 0 Å². The first-order chi connectivity index (χ1) is 12.7. The number of ether oxygens (including phenoxy) is 1. The molecule has 0 saturated carbocycles. The second kappa shape index (κ2) is 16.2. The Labute approximate surface area is 165 Å². The number of carbonyl (C=O) groups excluding carboxylic acids is 1. The molecule has 26 heavy (non-hydrogen) atoms. The molecule has 0 aromatic heterocycles. The summed E-state index contributed by atoms with van der Waals surface area (Å²) in [4.78, 5) is 10.8. The topological polar surface area (TPSA) is 26.3 Å². The third-order valence-corrected chi connectivity index (χ3v) is 4.99. The van der Waals surface area contributed by atoms with Crippen molar-refractivity contribution in [1.82, 2.24) is 0 Å². The standard InChI is InChI=1S/C23H37ClO2/c1-2-3-4-5-6-7-8-9-10-11-12-13-20-26-22-17-14-21(15-18-22)16-19-23(24)25/h14-15,17-18H,2-13,16,19-20H2,1H3. The van der Waals surface area contributed by atoms with Crippen molar-refractivity contribution in [2.24, 2.45) is 0 Å². The van der Waals surface area contributed by atoms with Gasteiger partial charge in [-0.25, -0.2) is 0 Å². The van der Waals surface area contributed by atoms with Crippen LogP contribution >= 0.6 is 11.6 Å². The van der Waals surface area contributed by atoms with Gasteiger partial charge >= 0.3 is 0 Å². The van der Waals surface area contributed by atoms with Crippen LogP contribution in [0.2, 0.25) is 0 Å². The molecule has 0 fully saturated rings. The van der Waals surface area contributed by atoms with Crippen LogP contribution in [-0.2, 0) is 11.2 Å². The van der Waals surface area contributed by atoms with Crippen molar-refractivity contribution in [3.8, 4) is 5.75 Å². The van der Waals surface area contributed by atoms with Crippen molar-refractivity contribution >= 4 is 16.8 Å². The van der Waals surface area contributed by atoms with E-state index in [4.69, 9.17) is 16.3 Å². The van der Waals surface area contributed by atoms with Crippen molar-refractivity contribution in [3.63, 3.8) is 0 Å². The summed E-state index contributed by atoms with van der Waals surface area (Å²) in [6, 6.07) is 7.98. The maximum atomic E-state index is 10.8. The van der Waals surface area contributed by atoms with Crippen molar-refractivity contribution in [2.75, 3.05) is 6.61 Å². The molecule has 1 aromatic rings. The highest BCUT2D eigenvalue weighted by atomic mass is 35.5. The summed E-state index contributed by atoms with van der Waals surface area (Å²) < 4.78 is 5.79. The first kappa shape index (κ1) is 23.0. The molecule has 0 radical (unpaired) electrons. The lowest BCUT2D eigenvalue weighted by atomic mass is 10.1. The number of benzene rings is 1. The minimum Gasteiger partial charge on any atom is -0.494 e. The molecule has 1 aromatic carbocycles. The number of rotatable bonds is 17. The first-order valence-electron chi connectivity index (χ1n) is 10.6.